The Bertz CT molecular complexity index is 1260. The molecule has 0 spiro atoms. The Morgan fingerprint density at radius 2 is 1.97 bits per heavy atom. The van der Waals surface area contributed by atoms with Gasteiger partial charge in [-0.3, -0.25) is 14.2 Å². The number of nitrogens with zero attached hydrogens (tertiary/aromatic N) is 3. The van der Waals surface area contributed by atoms with E-state index in [1.54, 1.807) is 17.0 Å². The highest BCUT2D eigenvalue weighted by Crippen LogP contribution is 2.22. The van der Waals surface area contributed by atoms with Crippen molar-refractivity contribution in [3.8, 4) is 0 Å². The normalized spacial score (nSPS) is 12.5. The maximum atomic E-state index is 12.7. The Kier molecular flexibility index (Phi) is 5.84. The quantitative estimate of drug-likeness (QED) is 0.477. The second kappa shape index (κ2) is 8.71. The van der Waals surface area contributed by atoms with Gasteiger partial charge in [-0.05, 0) is 43.0 Å². The molecule has 4 aromatic rings. The van der Waals surface area contributed by atoms with Crippen molar-refractivity contribution < 1.29 is 4.79 Å². The fraction of sp³-hybridized carbons (Fsp3) is 0.333. The van der Waals surface area contributed by atoms with Crippen LogP contribution < -0.4 is 10.9 Å². The van der Waals surface area contributed by atoms with Crippen LogP contribution in [0.4, 0.5) is 0 Å². The zero-order valence-electron chi connectivity index (χ0n) is 18.1. The van der Waals surface area contributed by atoms with E-state index >= 15 is 0 Å². The molecule has 31 heavy (non-hydrogen) atoms. The molecule has 0 saturated heterocycles. The van der Waals surface area contributed by atoms with Gasteiger partial charge in [0.05, 0.1) is 34.3 Å². The van der Waals surface area contributed by atoms with Crippen LogP contribution in [0.2, 0.25) is 0 Å². The lowest BCUT2D eigenvalue weighted by Crippen LogP contribution is -2.32. The first-order valence-electron chi connectivity index (χ1n) is 10.6. The third kappa shape index (κ3) is 4.35. The van der Waals surface area contributed by atoms with E-state index in [-0.39, 0.29) is 23.4 Å². The van der Waals surface area contributed by atoms with Gasteiger partial charge >= 0.3 is 0 Å². The molecule has 0 fully saturated rings. The van der Waals surface area contributed by atoms with Crippen LogP contribution in [0.1, 0.15) is 44.1 Å². The Morgan fingerprint density at radius 1 is 1.16 bits per heavy atom. The second-order valence-corrected chi connectivity index (χ2v) is 8.25. The van der Waals surface area contributed by atoms with Crippen LogP contribution in [-0.4, -0.2) is 25.4 Å². The number of nitrogens with one attached hydrogen (secondary N) is 2. The molecule has 2 N–H and O–H groups in total. The van der Waals surface area contributed by atoms with Gasteiger partial charge in [-0.2, -0.15) is 0 Å². The molecule has 2 aromatic heterocycles. The summed E-state index contributed by atoms with van der Waals surface area (Å²) < 4.78 is 1.58. The van der Waals surface area contributed by atoms with E-state index in [1.807, 2.05) is 43.3 Å². The monoisotopic (exact) mass is 417 g/mol. The number of aryl methyl sites for hydroxylation is 2. The molecule has 7 heteroatoms. The molecule has 0 aliphatic heterocycles. The molecule has 0 aliphatic carbocycles. The van der Waals surface area contributed by atoms with Gasteiger partial charge in [0.15, 0.2) is 0 Å². The van der Waals surface area contributed by atoms with E-state index in [0.29, 0.717) is 24.8 Å². The lowest BCUT2D eigenvalue weighted by molar-refractivity contribution is -0.122. The number of carbonyl (C=O) groups excluding carboxylic acids is 1. The van der Waals surface area contributed by atoms with Crippen LogP contribution in [0.15, 0.2) is 53.6 Å². The molecule has 0 radical (unpaired) electrons. The largest absolute Gasteiger partial charge is 0.346 e. The molecule has 0 unspecified atom stereocenters. The Morgan fingerprint density at radius 3 is 2.74 bits per heavy atom. The van der Waals surface area contributed by atoms with E-state index in [0.717, 1.165) is 27.9 Å². The molecule has 2 aromatic carbocycles. The average molecular weight is 418 g/mol. The average Bonchev–Trinajstić information content (AvgIpc) is 3.18. The molecular formula is C24H27N5O2. The Balaban J connectivity index is 1.41. The van der Waals surface area contributed by atoms with E-state index in [4.69, 9.17) is 0 Å². The standard InChI is InChI=1S/C24H27N5O2/c1-15(2)21(23-26-18-10-4-5-11-19(18)27-23)28-20(30)12-7-13-29-14-25-22-16(3)8-6-9-17(22)24(29)31/h4-6,8-11,14-15,21H,7,12-13H2,1-3H3,(H,26,27)(H,28,30)/t21-/m0/s1. The van der Waals surface area contributed by atoms with Crippen LogP contribution in [0.5, 0.6) is 0 Å². The van der Waals surface area contributed by atoms with Crippen LogP contribution in [-0.2, 0) is 11.3 Å². The summed E-state index contributed by atoms with van der Waals surface area (Å²) in [4.78, 5) is 37.7. The molecule has 7 nitrogen and oxygen atoms in total. The SMILES string of the molecule is Cc1cccc2c(=O)n(CCCC(=O)N[C@H](c3nc4ccccc4[nH]3)C(C)C)cnc12. The number of rotatable bonds is 7. The third-order valence-electron chi connectivity index (χ3n) is 5.54. The third-order valence-corrected chi connectivity index (χ3v) is 5.54. The first kappa shape index (κ1) is 20.8. The number of fused-ring (bicyclic) bond motifs is 2. The summed E-state index contributed by atoms with van der Waals surface area (Å²) in [7, 11) is 0. The number of carbonyl (C=O) groups is 1. The number of imidazole rings is 1. The van der Waals surface area contributed by atoms with Gasteiger partial charge in [0.25, 0.3) is 5.56 Å². The molecule has 0 aliphatic rings. The fourth-order valence-corrected chi connectivity index (χ4v) is 3.82. The van der Waals surface area contributed by atoms with Crippen molar-refractivity contribution in [3.63, 3.8) is 0 Å². The minimum Gasteiger partial charge on any atom is -0.346 e. The summed E-state index contributed by atoms with van der Waals surface area (Å²) in [6, 6.07) is 13.2. The number of aromatic nitrogens is 4. The second-order valence-electron chi connectivity index (χ2n) is 8.25. The molecule has 1 atom stereocenters. The first-order chi connectivity index (χ1) is 14.9. The maximum absolute atomic E-state index is 12.7. The number of hydrogen-bond acceptors (Lipinski definition) is 4. The number of aromatic amines is 1. The lowest BCUT2D eigenvalue weighted by Gasteiger charge is -2.20. The summed E-state index contributed by atoms with van der Waals surface area (Å²) in [5, 5.41) is 3.70. The zero-order valence-corrected chi connectivity index (χ0v) is 18.1. The van der Waals surface area contributed by atoms with Crippen molar-refractivity contribution in [2.75, 3.05) is 0 Å². The molecule has 1 amide bonds. The lowest BCUT2D eigenvalue weighted by atomic mass is 10.0. The summed E-state index contributed by atoms with van der Waals surface area (Å²) in [6.45, 7) is 6.50. The molecule has 160 valence electrons. The van der Waals surface area contributed by atoms with E-state index in [9.17, 15) is 9.59 Å². The zero-order chi connectivity index (χ0) is 22.0. The molecular weight excluding hydrogens is 390 g/mol. The van der Waals surface area contributed by atoms with Crippen LogP contribution in [0.3, 0.4) is 0 Å². The van der Waals surface area contributed by atoms with E-state index in [2.05, 4.69) is 34.1 Å². The highest BCUT2D eigenvalue weighted by Gasteiger charge is 2.21. The first-order valence-corrected chi connectivity index (χ1v) is 10.6. The van der Waals surface area contributed by atoms with Gasteiger partial charge in [-0.15, -0.1) is 0 Å². The van der Waals surface area contributed by atoms with Crippen molar-refractivity contribution in [1.82, 2.24) is 24.8 Å². The number of amides is 1. The summed E-state index contributed by atoms with van der Waals surface area (Å²) in [6.07, 6.45) is 2.44. The van der Waals surface area contributed by atoms with Gasteiger partial charge in [0.1, 0.15) is 5.82 Å². The molecule has 2 heterocycles. The van der Waals surface area contributed by atoms with Gasteiger partial charge < -0.3 is 10.3 Å². The van der Waals surface area contributed by atoms with Crippen molar-refractivity contribution in [3.05, 3.63) is 70.5 Å². The predicted molar refractivity (Wildman–Crippen MR) is 122 cm³/mol. The highest BCUT2D eigenvalue weighted by molar-refractivity contribution is 5.80. The molecule has 0 saturated carbocycles. The number of benzene rings is 2. The van der Waals surface area contributed by atoms with Crippen LogP contribution in [0.25, 0.3) is 21.9 Å². The van der Waals surface area contributed by atoms with Gasteiger partial charge in [0, 0.05) is 13.0 Å². The van der Waals surface area contributed by atoms with Crippen molar-refractivity contribution in [2.45, 2.75) is 46.2 Å². The van der Waals surface area contributed by atoms with Crippen molar-refractivity contribution in [1.29, 1.82) is 0 Å². The van der Waals surface area contributed by atoms with Crippen LogP contribution >= 0.6 is 0 Å². The van der Waals surface area contributed by atoms with E-state index in [1.165, 1.54) is 0 Å². The van der Waals surface area contributed by atoms with Crippen LogP contribution in [0, 0.1) is 12.8 Å². The van der Waals surface area contributed by atoms with Crippen molar-refractivity contribution in [2.24, 2.45) is 5.92 Å². The van der Waals surface area contributed by atoms with Gasteiger partial charge in [-0.1, -0.05) is 38.1 Å². The topological polar surface area (TPSA) is 92.7 Å². The Hall–Kier alpha value is -3.48. The minimum atomic E-state index is -0.201. The number of H-pyrrole nitrogens is 1. The molecule has 4 rings (SSSR count). The van der Waals surface area contributed by atoms with Gasteiger partial charge in [0.2, 0.25) is 5.91 Å². The minimum absolute atomic E-state index is 0.0585. The Labute approximate surface area is 180 Å². The highest BCUT2D eigenvalue weighted by atomic mass is 16.1. The van der Waals surface area contributed by atoms with Gasteiger partial charge in [-0.25, -0.2) is 9.97 Å². The fourth-order valence-electron chi connectivity index (χ4n) is 3.82. The summed E-state index contributed by atoms with van der Waals surface area (Å²) in [5.74, 6) is 0.881. The molecule has 0 bridgehead atoms. The summed E-state index contributed by atoms with van der Waals surface area (Å²) in [5.41, 5.74) is 3.47. The maximum Gasteiger partial charge on any atom is 0.261 e. The van der Waals surface area contributed by atoms with Crippen molar-refractivity contribution >= 4 is 27.8 Å². The number of hydrogen-bond donors (Lipinski definition) is 2. The summed E-state index contributed by atoms with van der Waals surface area (Å²) >= 11 is 0. The van der Waals surface area contributed by atoms with E-state index < -0.39 is 0 Å². The predicted octanol–water partition coefficient (Wildman–Crippen LogP) is 3.87. The smallest absolute Gasteiger partial charge is 0.261 e. The number of para-hydroxylation sites is 3.